The lowest BCUT2D eigenvalue weighted by atomic mass is 9.80. The zero-order valence-corrected chi connectivity index (χ0v) is 17.2. The molecule has 4 rings (SSSR count). The lowest BCUT2D eigenvalue weighted by Gasteiger charge is -2.25. The van der Waals surface area contributed by atoms with E-state index in [2.05, 4.69) is 10.3 Å². The number of nitrogens with zero attached hydrogens (tertiary/aromatic N) is 1. The molecule has 2 aromatic carbocycles. The molecule has 7 heteroatoms. The van der Waals surface area contributed by atoms with Crippen LogP contribution in [0.25, 0.3) is 16.3 Å². The highest BCUT2D eigenvalue weighted by molar-refractivity contribution is 7.18. The summed E-state index contributed by atoms with van der Waals surface area (Å²) in [6.45, 7) is 0.762. The molecule has 0 saturated heterocycles. The molecule has 6 nitrogen and oxygen atoms in total. The van der Waals surface area contributed by atoms with Gasteiger partial charge in [-0.2, -0.15) is 0 Å². The van der Waals surface area contributed by atoms with Crippen molar-refractivity contribution in [1.82, 2.24) is 10.3 Å². The summed E-state index contributed by atoms with van der Waals surface area (Å²) in [7, 11) is 0. The Kier molecular flexibility index (Phi) is 5.65. The van der Waals surface area contributed by atoms with Gasteiger partial charge in [-0.25, -0.2) is 4.98 Å². The first-order valence-electron chi connectivity index (χ1n) is 9.82. The number of carbonyl (C=O) groups is 2. The van der Waals surface area contributed by atoms with Crippen LogP contribution in [-0.4, -0.2) is 28.5 Å². The van der Waals surface area contributed by atoms with Crippen LogP contribution in [0.5, 0.6) is 0 Å². The van der Waals surface area contributed by atoms with Crippen LogP contribution in [0.2, 0.25) is 0 Å². The third kappa shape index (κ3) is 4.13. The summed E-state index contributed by atoms with van der Waals surface area (Å²) in [4.78, 5) is 29.3. The van der Waals surface area contributed by atoms with Gasteiger partial charge >= 0.3 is 5.97 Å². The van der Waals surface area contributed by atoms with Crippen LogP contribution in [0.15, 0.2) is 48.5 Å². The highest BCUT2D eigenvalue weighted by Gasteiger charge is 2.45. The lowest BCUT2D eigenvalue weighted by Crippen LogP contribution is -2.43. The molecule has 0 aliphatic heterocycles. The average molecular weight is 422 g/mol. The molecule has 0 atom stereocenters. The normalized spacial score (nSPS) is 14.8. The molecular formula is C23H23N3O3S. The van der Waals surface area contributed by atoms with E-state index in [1.807, 2.05) is 54.6 Å². The summed E-state index contributed by atoms with van der Waals surface area (Å²) >= 11 is 1.52. The summed E-state index contributed by atoms with van der Waals surface area (Å²) in [5.74, 6) is -1.19. The van der Waals surface area contributed by atoms with E-state index in [4.69, 9.17) is 5.73 Å². The third-order valence-electron chi connectivity index (χ3n) is 5.45. The van der Waals surface area contributed by atoms with Crippen LogP contribution in [0, 0.1) is 5.41 Å². The number of nitrogens with two attached hydrogens (primary N) is 1. The monoisotopic (exact) mass is 421 g/mol. The van der Waals surface area contributed by atoms with Crippen molar-refractivity contribution >= 4 is 39.5 Å². The van der Waals surface area contributed by atoms with Crippen molar-refractivity contribution in [1.29, 1.82) is 0 Å². The van der Waals surface area contributed by atoms with Crippen molar-refractivity contribution in [3.05, 3.63) is 70.2 Å². The Hall–Kier alpha value is -3.03. The maximum atomic E-state index is 13.1. The molecular weight excluding hydrogens is 398 g/mol. The van der Waals surface area contributed by atoms with E-state index in [0.717, 1.165) is 31.9 Å². The Morgan fingerprint density at radius 1 is 1.20 bits per heavy atom. The molecule has 3 aromatic rings. The number of aliphatic carboxylic acids is 1. The van der Waals surface area contributed by atoms with Crippen LogP contribution < -0.4 is 11.1 Å². The van der Waals surface area contributed by atoms with E-state index in [-0.39, 0.29) is 18.9 Å². The number of amides is 1. The third-order valence-corrected chi connectivity index (χ3v) is 6.49. The summed E-state index contributed by atoms with van der Waals surface area (Å²) < 4.78 is 1.04. The molecule has 1 heterocycles. The van der Waals surface area contributed by atoms with Gasteiger partial charge in [-0.1, -0.05) is 42.5 Å². The second-order valence-corrected chi connectivity index (χ2v) is 8.74. The number of hydrogen-bond donors (Lipinski definition) is 3. The first-order valence-corrected chi connectivity index (χ1v) is 10.6. The zero-order chi connectivity index (χ0) is 21.1. The minimum Gasteiger partial charge on any atom is -0.481 e. The lowest BCUT2D eigenvalue weighted by molar-refractivity contribution is -0.145. The molecule has 1 aliphatic rings. The van der Waals surface area contributed by atoms with Gasteiger partial charge in [0, 0.05) is 6.54 Å². The van der Waals surface area contributed by atoms with Crippen LogP contribution in [0.1, 0.15) is 28.1 Å². The Bertz CT molecular complexity index is 1110. The molecule has 1 aliphatic carbocycles. The van der Waals surface area contributed by atoms with Gasteiger partial charge in [0.25, 0.3) is 0 Å². The van der Waals surface area contributed by atoms with Gasteiger partial charge < -0.3 is 16.2 Å². The predicted octanol–water partition coefficient (Wildman–Crippen LogP) is 3.14. The quantitative estimate of drug-likeness (QED) is 0.544. The fraction of sp³-hybridized carbons (Fsp3) is 0.261. The Labute approximate surface area is 178 Å². The standard InChI is InChI=1S/C23H23N3O3S/c24-9-3-4-15-7-8-19-18(10-15)26-20(30-19)14-25-22(29)23(13-21(27)28)11-16-5-1-2-6-17(16)12-23/h1-8,10H,9,11-14,24H2,(H,25,29)(H,27,28)/b4-3+. The highest BCUT2D eigenvalue weighted by atomic mass is 32.1. The van der Waals surface area contributed by atoms with Gasteiger partial charge in [-0.15, -0.1) is 11.3 Å². The van der Waals surface area contributed by atoms with E-state index in [1.165, 1.54) is 11.3 Å². The number of aromatic nitrogens is 1. The van der Waals surface area contributed by atoms with Crippen molar-refractivity contribution in [3.63, 3.8) is 0 Å². The fourth-order valence-corrected chi connectivity index (χ4v) is 4.96. The highest BCUT2D eigenvalue weighted by Crippen LogP contribution is 2.40. The van der Waals surface area contributed by atoms with E-state index in [0.29, 0.717) is 19.4 Å². The molecule has 4 N–H and O–H groups in total. The van der Waals surface area contributed by atoms with Crippen molar-refractivity contribution < 1.29 is 14.7 Å². The molecule has 0 fully saturated rings. The minimum absolute atomic E-state index is 0.190. The molecule has 30 heavy (non-hydrogen) atoms. The maximum absolute atomic E-state index is 13.1. The number of carboxylic acid groups (broad SMARTS) is 1. The molecule has 0 bridgehead atoms. The summed E-state index contributed by atoms with van der Waals surface area (Å²) in [6, 6.07) is 13.8. The Balaban J connectivity index is 1.50. The Morgan fingerprint density at radius 3 is 2.60 bits per heavy atom. The van der Waals surface area contributed by atoms with Crippen molar-refractivity contribution in [2.24, 2.45) is 11.1 Å². The van der Waals surface area contributed by atoms with Crippen LogP contribution >= 0.6 is 11.3 Å². The second-order valence-electron chi connectivity index (χ2n) is 7.63. The Morgan fingerprint density at radius 2 is 1.93 bits per heavy atom. The first kappa shape index (κ1) is 20.3. The molecule has 1 aromatic heterocycles. The molecule has 0 spiro atoms. The average Bonchev–Trinajstić information content (AvgIpc) is 3.30. The van der Waals surface area contributed by atoms with Crippen molar-refractivity contribution in [2.75, 3.05) is 6.54 Å². The van der Waals surface area contributed by atoms with Crippen molar-refractivity contribution in [3.8, 4) is 0 Å². The van der Waals surface area contributed by atoms with Crippen molar-refractivity contribution in [2.45, 2.75) is 25.8 Å². The largest absolute Gasteiger partial charge is 0.481 e. The van der Waals surface area contributed by atoms with Gasteiger partial charge in [0.05, 0.1) is 28.6 Å². The number of fused-ring (bicyclic) bond motifs is 2. The minimum atomic E-state index is -0.962. The van der Waals surface area contributed by atoms with Crippen LogP contribution in [0.4, 0.5) is 0 Å². The summed E-state index contributed by atoms with van der Waals surface area (Å²) in [5, 5.41) is 13.2. The smallest absolute Gasteiger partial charge is 0.304 e. The number of nitrogens with one attached hydrogen (secondary N) is 1. The van der Waals surface area contributed by atoms with E-state index in [9.17, 15) is 14.7 Å². The molecule has 0 radical (unpaired) electrons. The van der Waals surface area contributed by atoms with E-state index >= 15 is 0 Å². The number of carbonyl (C=O) groups excluding carboxylic acids is 1. The number of benzene rings is 2. The second kappa shape index (κ2) is 8.38. The van der Waals surface area contributed by atoms with Gasteiger partial charge in [0.1, 0.15) is 5.01 Å². The predicted molar refractivity (Wildman–Crippen MR) is 118 cm³/mol. The van der Waals surface area contributed by atoms with Gasteiger partial charge in [-0.3, -0.25) is 9.59 Å². The van der Waals surface area contributed by atoms with E-state index in [1.54, 1.807) is 0 Å². The first-order chi connectivity index (χ1) is 14.5. The number of rotatable bonds is 7. The molecule has 154 valence electrons. The molecule has 1 amide bonds. The summed E-state index contributed by atoms with van der Waals surface area (Å²) in [5.41, 5.74) is 8.55. The van der Waals surface area contributed by atoms with Crippen LogP contribution in [0.3, 0.4) is 0 Å². The SMILES string of the molecule is NC/C=C/c1ccc2sc(CNC(=O)C3(CC(=O)O)Cc4ccccc4C3)nc2c1. The zero-order valence-electron chi connectivity index (χ0n) is 16.4. The molecule has 0 unspecified atom stereocenters. The maximum Gasteiger partial charge on any atom is 0.304 e. The van der Waals surface area contributed by atoms with Gasteiger partial charge in [0.15, 0.2) is 0 Å². The van der Waals surface area contributed by atoms with E-state index < -0.39 is 11.4 Å². The van der Waals surface area contributed by atoms with Gasteiger partial charge in [0.2, 0.25) is 5.91 Å². The number of hydrogen-bond acceptors (Lipinski definition) is 5. The van der Waals surface area contributed by atoms with Gasteiger partial charge in [-0.05, 0) is 41.7 Å². The summed E-state index contributed by atoms with van der Waals surface area (Å²) in [6.07, 6.45) is 4.53. The fourth-order valence-electron chi connectivity index (χ4n) is 4.07. The van der Waals surface area contributed by atoms with Crippen LogP contribution in [-0.2, 0) is 29.0 Å². The molecule has 0 saturated carbocycles. The number of carboxylic acids is 1. The number of thiazole rings is 1. The topological polar surface area (TPSA) is 105 Å².